The monoisotopic (exact) mass is 332 g/mol. The maximum absolute atomic E-state index is 12.1. The molecule has 2 heterocycles. The number of nitrogens with zero attached hydrogens (tertiary/aromatic N) is 5. The topological polar surface area (TPSA) is 124 Å². The zero-order valence-electron chi connectivity index (χ0n) is 12.3. The van der Waals surface area contributed by atoms with Gasteiger partial charge in [0.15, 0.2) is 9.84 Å². The van der Waals surface area contributed by atoms with E-state index in [-0.39, 0.29) is 10.7 Å². The van der Waals surface area contributed by atoms with E-state index < -0.39 is 9.84 Å². The van der Waals surface area contributed by atoms with Crippen molar-refractivity contribution >= 4 is 9.84 Å². The lowest BCUT2D eigenvalue weighted by molar-refractivity contribution is 0.396. The van der Waals surface area contributed by atoms with Crippen LogP contribution in [-0.4, -0.2) is 52.4 Å². The molecule has 0 fully saturated rings. The van der Waals surface area contributed by atoms with Gasteiger partial charge in [0.2, 0.25) is 11.7 Å². The van der Waals surface area contributed by atoms with E-state index in [1.165, 1.54) is 25.6 Å². The Morgan fingerprint density at radius 1 is 1.22 bits per heavy atom. The highest BCUT2D eigenvalue weighted by Gasteiger charge is 2.22. The third-order valence-corrected chi connectivity index (χ3v) is 4.23. The molecule has 0 saturated carbocycles. The minimum Gasteiger partial charge on any atom is -0.480 e. The smallest absolute Gasteiger partial charge is 0.232 e. The Balaban J connectivity index is 2.33. The molecule has 0 saturated heterocycles. The first kappa shape index (κ1) is 15.0. The van der Waals surface area contributed by atoms with Gasteiger partial charge in [-0.2, -0.15) is 5.21 Å². The minimum atomic E-state index is -3.51. The van der Waals surface area contributed by atoms with Gasteiger partial charge in [-0.3, -0.25) is 4.98 Å². The van der Waals surface area contributed by atoms with Crippen LogP contribution in [0.1, 0.15) is 0 Å². The summed E-state index contributed by atoms with van der Waals surface area (Å²) in [7, 11) is -2.03. The van der Waals surface area contributed by atoms with Crippen LogP contribution < -0.4 is 4.74 Å². The van der Waals surface area contributed by atoms with Gasteiger partial charge in [0.1, 0.15) is 0 Å². The van der Waals surface area contributed by atoms with Crippen molar-refractivity contribution in [1.29, 1.82) is 0 Å². The van der Waals surface area contributed by atoms with Crippen LogP contribution in [0.4, 0.5) is 0 Å². The normalized spacial score (nSPS) is 11.4. The van der Waals surface area contributed by atoms with Crippen molar-refractivity contribution in [2.45, 2.75) is 4.90 Å². The molecule has 0 amide bonds. The van der Waals surface area contributed by atoms with Crippen molar-refractivity contribution < 1.29 is 13.2 Å². The van der Waals surface area contributed by atoms with Crippen LogP contribution in [0.25, 0.3) is 22.6 Å². The molecule has 118 valence electrons. The van der Waals surface area contributed by atoms with E-state index in [2.05, 4.69) is 30.6 Å². The lowest BCUT2D eigenvalue weighted by Gasteiger charge is -2.11. The van der Waals surface area contributed by atoms with Crippen LogP contribution in [0.2, 0.25) is 0 Å². The van der Waals surface area contributed by atoms with Crippen LogP contribution in [0.5, 0.6) is 5.88 Å². The van der Waals surface area contributed by atoms with Gasteiger partial charge in [-0.1, -0.05) is 12.1 Å². The molecule has 2 aromatic heterocycles. The van der Waals surface area contributed by atoms with Gasteiger partial charge in [-0.25, -0.2) is 13.4 Å². The Labute approximate surface area is 131 Å². The highest BCUT2D eigenvalue weighted by Crippen LogP contribution is 2.34. The van der Waals surface area contributed by atoms with Gasteiger partial charge in [0.05, 0.1) is 35.7 Å². The number of H-pyrrole nitrogens is 1. The molecule has 10 heteroatoms. The number of nitrogens with one attached hydrogen (secondary N) is 1. The molecule has 0 aliphatic rings. The second-order valence-electron chi connectivity index (χ2n) is 4.63. The van der Waals surface area contributed by atoms with Gasteiger partial charge in [-0.05, 0) is 11.3 Å². The fraction of sp³-hybridized carbons (Fsp3) is 0.154. The van der Waals surface area contributed by atoms with Crippen molar-refractivity contribution in [1.82, 2.24) is 30.6 Å². The second kappa shape index (κ2) is 5.72. The molecule has 23 heavy (non-hydrogen) atoms. The summed E-state index contributed by atoms with van der Waals surface area (Å²) in [6, 6.07) is 4.82. The molecule has 0 radical (unpaired) electrons. The molecule has 0 atom stereocenters. The fourth-order valence-electron chi connectivity index (χ4n) is 2.13. The van der Waals surface area contributed by atoms with E-state index in [4.69, 9.17) is 4.74 Å². The number of tetrazole rings is 1. The average Bonchev–Trinajstić information content (AvgIpc) is 3.07. The first-order chi connectivity index (χ1) is 11.0. The molecule has 3 rings (SSSR count). The molecule has 0 spiro atoms. The number of aromatic nitrogens is 6. The van der Waals surface area contributed by atoms with Crippen LogP contribution in [0.15, 0.2) is 35.5 Å². The maximum atomic E-state index is 12.1. The Hall–Kier alpha value is -2.88. The van der Waals surface area contributed by atoms with Crippen LogP contribution in [-0.2, 0) is 9.84 Å². The predicted octanol–water partition coefficient (Wildman–Crippen LogP) is 0.736. The third kappa shape index (κ3) is 2.88. The van der Waals surface area contributed by atoms with Crippen LogP contribution >= 0.6 is 0 Å². The van der Waals surface area contributed by atoms with Crippen molar-refractivity contribution in [3.63, 3.8) is 0 Å². The third-order valence-electron chi connectivity index (χ3n) is 3.09. The number of aromatic amines is 1. The first-order valence-corrected chi connectivity index (χ1v) is 8.33. The van der Waals surface area contributed by atoms with Crippen molar-refractivity contribution in [3.8, 4) is 28.5 Å². The molecular formula is C13H12N6O3S. The van der Waals surface area contributed by atoms with E-state index in [1.807, 2.05) is 0 Å². The standard InChI is InChI=1S/C13H12N6O3S/c1-22-11-7-14-6-9(15-11)8-4-3-5-10(23(2,20)21)12(8)13-16-18-19-17-13/h3-7H,1-2H3,(H,16,17,18,19). The highest BCUT2D eigenvalue weighted by atomic mass is 32.2. The summed E-state index contributed by atoms with van der Waals surface area (Å²) >= 11 is 0. The summed E-state index contributed by atoms with van der Waals surface area (Å²) in [4.78, 5) is 8.42. The number of ether oxygens (including phenoxy) is 1. The molecule has 0 unspecified atom stereocenters. The summed E-state index contributed by atoms with van der Waals surface area (Å²) in [5.41, 5.74) is 1.27. The summed E-state index contributed by atoms with van der Waals surface area (Å²) in [6.45, 7) is 0. The fourth-order valence-corrected chi connectivity index (χ4v) is 3.03. The highest BCUT2D eigenvalue weighted by molar-refractivity contribution is 7.90. The van der Waals surface area contributed by atoms with Crippen molar-refractivity contribution in [3.05, 3.63) is 30.6 Å². The molecule has 0 aliphatic carbocycles. The van der Waals surface area contributed by atoms with E-state index >= 15 is 0 Å². The summed E-state index contributed by atoms with van der Waals surface area (Å²) in [5.74, 6) is 0.469. The average molecular weight is 332 g/mol. The molecule has 9 nitrogen and oxygen atoms in total. The first-order valence-electron chi connectivity index (χ1n) is 6.44. The van der Waals surface area contributed by atoms with Gasteiger partial charge in [-0.15, -0.1) is 10.2 Å². The van der Waals surface area contributed by atoms with Crippen molar-refractivity contribution in [2.75, 3.05) is 13.4 Å². The molecule has 0 aliphatic heterocycles. The van der Waals surface area contributed by atoms with Gasteiger partial charge < -0.3 is 4.74 Å². The van der Waals surface area contributed by atoms with E-state index in [9.17, 15) is 8.42 Å². The zero-order valence-corrected chi connectivity index (χ0v) is 13.1. The van der Waals surface area contributed by atoms with Gasteiger partial charge in [0, 0.05) is 11.8 Å². The summed E-state index contributed by atoms with van der Waals surface area (Å²) < 4.78 is 29.3. The molecule has 0 bridgehead atoms. The van der Waals surface area contributed by atoms with Gasteiger partial charge >= 0.3 is 0 Å². The Morgan fingerprint density at radius 2 is 2.04 bits per heavy atom. The van der Waals surface area contributed by atoms with E-state index in [0.29, 0.717) is 22.7 Å². The predicted molar refractivity (Wildman–Crippen MR) is 80.3 cm³/mol. The summed E-state index contributed by atoms with van der Waals surface area (Å²) in [6.07, 6.45) is 4.08. The van der Waals surface area contributed by atoms with Crippen LogP contribution in [0.3, 0.4) is 0 Å². The van der Waals surface area contributed by atoms with E-state index in [1.54, 1.807) is 12.1 Å². The lowest BCUT2D eigenvalue weighted by atomic mass is 10.0. The Bertz CT molecular complexity index is 940. The number of rotatable bonds is 4. The molecule has 1 N–H and O–H groups in total. The minimum absolute atomic E-state index is 0.0843. The second-order valence-corrected chi connectivity index (χ2v) is 6.62. The van der Waals surface area contributed by atoms with Crippen LogP contribution in [0, 0.1) is 0 Å². The van der Waals surface area contributed by atoms with Crippen molar-refractivity contribution in [2.24, 2.45) is 0 Å². The van der Waals surface area contributed by atoms with Gasteiger partial charge in [0.25, 0.3) is 0 Å². The number of sulfone groups is 1. The molecule has 3 aromatic rings. The zero-order chi connectivity index (χ0) is 16.4. The largest absolute Gasteiger partial charge is 0.480 e. The Morgan fingerprint density at radius 3 is 2.70 bits per heavy atom. The number of hydrogen-bond acceptors (Lipinski definition) is 8. The molecule has 1 aromatic carbocycles. The quantitative estimate of drug-likeness (QED) is 0.741. The number of methoxy groups -OCH3 is 1. The number of benzene rings is 1. The SMILES string of the molecule is COc1cncc(-c2cccc(S(C)(=O)=O)c2-c2nn[nH]n2)n1. The summed E-state index contributed by atoms with van der Waals surface area (Å²) in [5, 5.41) is 13.6. The molecular weight excluding hydrogens is 320 g/mol. The van der Waals surface area contributed by atoms with E-state index in [0.717, 1.165) is 6.26 Å². The maximum Gasteiger partial charge on any atom is 0.232 e. The lowest BCUT2D eigenvalue weighted by Crippen LogP contribution is -2.03. The number of hydrogen-bond donors (Lipinski definition) is 1. The Kier molecular flexibility index (Phi) is 3.74.